The number of rotatable bonds is 3. The van der Waals surface area contributed by atoms with Gasteiger partial charge in [0, 0.05) is 38.1 Å². The van der Waals surface area contributed by atoms with E-state index in [9.17, 15) is 4.79 Å². The molecule has 0 aromatic carbocycles. The summed E-state index contributed by atoms with van der Waals surface area (Å²) in [6.07, 6.45) is 5.20. The van der Waals surface area contributed by atoms with Gasteiger partial charge in [0.2, 0.25) is 0 Å². The third-order valence-corrected chi connectivity index (χ3v) is 4.79. The van der Waals surface area contributed by atoms with Gasteiger partial charge in [0.05, 0.1) is 5.39 Å². The maximum Gasteiger partial charge on any atom is 0.272 e. The van der Waals surface area contributed by atoms with Crippen LogP contribution in [-0.4, -0.2) is 49.8 Å². The highest BCUT2D eigenvalue weighted by atomic mass is 16.2. The maximum atomic E-state index is 12.5. The van der Waals surface area contributed by atoms with Crippen LogP contribution in [0.15, 0.2) is 30.7 Å². The van der Waals surface area contributed by atoms with Crippen molar-refractivity contribution in [2.75, 3.05) is 18.0 Å². The minimum absolute atomic E-state index is 0.0558. The second-order valence-corrected chi connectivity index (χ2v) is 6.63. The largest absolute Gasteiger partial charge is 0.354 e. The van der Waals surface area contributed by atoms with Crippen molar-refractivity contribution in [1.29, 1.82) is 0 Å². The van der Waals surface area contributed by atoms with Crippen LogP contribution < -0.4 is 10.2 Å². The molecule has 3 aromatic heterocycles. The van der Waals surface area contributed by atoms with Crippen molar-refractivity contribution in [2.45, 2.75) is 25.8 Å². The number of hydrogen-bond donors (Lipinski definition) is 1. The highest BCUT2D eigenvalue weighted by Crippen LogP contribution is 2.24. The predicted octanol–water partition coefficient (Wildman–Crippen LogP) is 1.47. The molecule has 1 N–H and O–H groups in total. The fourth-order valence-corrected chi connectivity index (χ4v) is 3.35. The van der Waals surface area contributed by atoms with Crippen LogP contribution in [0, 0.1) is 6.92 Å². The number of aromatic nitrogens is 5. The number of pyridine rings is 1. The Morgan fingerprint density at radius 1 is 1.31 bits per heavy atom. The molecule has 0 bridgehead atoms. The average Bonchev–Trinajstić information content (AvgIpc) is 3.00. The highest BCUT2D eigenvalue weighted by Gasteiger charge is 2.25. The van der Waals surface area contributed by atoms with Gasteiger partial charge in [0.25, 0.3) is 5.91 Å². The lowest BCUT2D eigenvalue weighted by Crippen LogP contribution is -2.48. The zero-order chi connectivity index (χ0) is 18.1. The predicted molar refractivity (Wildman–Crippen MR) is 98.0 cm³/mol. The van der Waals surface area contributed by atoms with Gasteiger partial charge in [-0.3, -0.25) is 9.48 Å². The van der Waals surface area contributed by atoms with Crippen LogP contribution in [0.25, 0.3) is 11.0 Å². The van der Waals surface area contributed by atoms with Crippen molar-refractivity contribution in [3.05, 3.63) is 42.1 Å². The Kier molecular flexibility index (Phi) is 4.24. The normalized spacial score (nSPS) is 17.5. The first kappa shape index (κ1) is 16.4. The minimum Gasteiger partial charge on any atom is -0.354 e. The second kappa shape index (κ2) is 6.70. The van der Waals surface area contributed by atoms with Crippen LogP contribution in [0.3, 0.4) is 0 Å². The van der Waals surface area contributed by atoms with E-state index in [1.807, 2.05) is 26.1 Å². The van der Waals surface area contributed by atoms with Gasteiger partial charge in [-0.15, -0.1) is 0 Å². The van der Waals surface area contributed by atoms with Crippen LogP contribution in [0.2, 0.25) is 0 Å². The zero-order valence-electron chi connectivity index (χ0n) is 14.9. The van der Waals surface area contributed by atoms with Crippen LogP contribution in [-0.2, 0) is 7.05 Å². The number of amides is 1. The molecule has 0 spiro atoms. The van der Waals surface area contributed by atoms with Crippen molar-refractivity contribution in [2.24, 2.45) is 7.05 Å². The molecule has 1 saturated heterocycles. The Bertz CT molecular complexity index is 927. The number of hydrogen-bond acceptors (Lipinski definition) is 6. The van der Waals surface area contributed by atoms with Crippen LogP contribution in [0.5, 0.6) is 0 Å². The summed E-state index contributed by atoms with van der Waals surface area (Å²) in [5, 5.41) is 8.30. The Labute approximate surface area is 151 Å². The average molecular weight is 351 g/mol. The molecule has 26 heavy (non-hydrogen) atoms. The fourth-order valence-electron chi connectivity index (χ4n) is 3.35. The number of nitrogens with one attached hydrogen (secondary N) is 1. The first-order valence-corrected chi connectivity index (χ1v) is 8.74. The van der Waals surface area contributed by atoms with Gasteiger partial charge in [-0.1, -0.05) is 0 Å². The van der Waals surface area contributed by atoms with Gasteiger partial charge in [0.15, 0.2) is 5.65 Å². The SMILES string of the molecule is Cc1cc(C(=O)NC2CCCN(c3ncnc4ncccc34)C2)nn1C. The van der Waals surface area contributed by atoms with Gasteiger partial charge in [-0.25, -0.2) is 15.0 Å². The monoisotopic (exact) mass is 351 g/mol. The van der Waals surface area contributed by atoms with Gasteiger partial charge in [-0.05, 0) is 38.0 Å². The molecule has 1 unspecified atom stereocenters. The number of carbonyl (C=O) groups excluding carboxylic acids is 1. The second-order valence-electron chi connectivity index (χ2n) is 6.63. The van der Waals surface area contributed by atoms with E-state index >= 15 is 0 Å². The number of nitrogens with zero attached hydrogens (tertiary/aromatic N) is 6. The molecule has 134 valence electrons. The number of aryl methyl sites for hydroxylation is 2. The summed E-state index contributed by atoms with van der Waals surface area (Å²) >= 11 is 0. The summed E-state index contributed by atoms with van der Waals surface area (Å²) < 4.78 is 1.71. The zero-order valence-corrected chi connectivity index (χ0v) is 14.9. The molecular formula is C18H21N7O. The third-order valence-electron chi connectivity index (χ3n) is 4.79. The van der Waals surface area contributed by atoms with E-state index in [2.05, 4.69) is 30.3 Å². The van der Waals surface area contributed by atoms with E-state index in [-0.39, 0.29) is 11.9 Å². The molecule has 3 aromatic rings. The Balaban J connectivity index is 1.51. The van der Waals surface area contributed by atoms with Crippen LogP contribution >= 0.6 is 0 Å². The van der Waals surface area contributed by atoms with E-state index < -0.39 is 0 Å². The summed E-state index contributed by atoms with van der Waals surface area (Å²) in [6, 6.07) is 5.73. The maximum absolute atomic E-state index is 12.5. The van der Waals surface area contributed by atoms with Crippen molar-refractivity contribution in [3.8, 4) is 0 Å². The molecule has 0 saturated carbocycles. The molecule has 1 aliphatic heterocycles. The van der Waals surface area contributed by atoms with E-state index in [1.54, 1.807) is 23.3 Å². The van der Waals surface area contributed by atoms with E-state index in [1.165, 1.54) is 0 Å². The van der Waals surface area contributed by atoms with E-state index in [4.69, 9.17) is 0 Å². The van der Waals surface area contributed by atoms with Crippen LogP contribution in [0.1, 0.15) is 29.0 Å². The van der Waals surface area contributed by atoms with Gasteiger partial charge >= 0.3 is 0 Å². The molecule has 8 heteroatoms. The standard InChI is InChI=1S/C18H21N7O/c1-12-9-15(23-24(12)2)18(26)22-13-5-4-8-25(10-13)17-14-6-3-7-19-16(14)20-11-21-17/h3,6-7,9,11,13H,4-5,8,10H2,1-2H3,(H,22,26). The third kappa shape index (κ3) is 3.10. The quantitative estimate of drug-likeness (QED) is 0.769. The van der Waals surface area contributed by atoms with E-state index in [0.717, 1.165) is 36.3 Å². The Hall–Kier alpha value is -3.03. The summed E-state index contributed by atoms with van der Waals surface area (Å²) in [7, 11) is 1.84. The number of piperidine rings is 1. The van der Waals surface area contributed by atoms with Gasteiger partial charge in [-0.2, -0.15) is 5.10 Å². The van der Waals surface area contributed by atoms with Crippen molar-refractivity contribution in [3.63, 3.8) is 0 Å². The molecule has 1 atom stereocenters. The number of fused-ring (bicyclic) bond motifs is 1. The summed E-state index contributed by atoms with van der Waals surface area (Å²) in [5.41, 5.74) is 2.10. The van der Waals surface area contributed by atoms with Gasteiger partial charge in [0.1, 0.15) is 17.8 Å². The lowest BCUT2D eigenvalue weighted by atomic mass is 10.0. The Morgan fingerprint density at radius 3 is 3.00 bits per heavy atom. The van der Waals surface area contributed by atoms with E-state index in [0.29, 0.717) is 17.9 Å². The summed E-state index contributed by atoms with van der Waals surface area (Å²) in [4.78, 5) is 27.7. The molecule has 4 heterocycles. The number of anilines is 1. The molecule has 4 rings (SSSR count). The molecule has 1 amide bonds. The van der Waals surface area contributed by atoms with Crippen molar-refractivity contribution >= 4 is 22.8 Å². The first-order valence-electron chi connectivity index (χ1n) is 8.74. The molecule has 0 radical (unpaired) electrons. The Morgan fingerprint density at radius 2 is 2.19 bits per heavy atom. The smallest absolute Gasteiger partial charge is 0.272 e. The minimum atomic E-state index is -0.130. The summed E-state index contributed by atoms with van der Waals surface area (Å²) in [5.74, 6) is 0.741. The fraction of sp³-hybridized carbons (Fsp3) is 0.389. The topological polar surface area (TPSA) is 88.8 Å². The van der Waals surface area contributed by atoms with Gasteiger partial charge < -0.3 is 10.2 Å². The highest BCUT2D eigenvalue weighted by molar-refractivity contribution is 5.92. The first-order chi connectivity index (χ1) is 12.6. The molecule has 0 aliphatic carbocycles. The van der Waals surface area contributed by atoms with Crippen LogP contribution in [0.4, 0.5) is 5.82 Å². The lowest BCUT2D eigenvalue weighted by Gasteiger charge is -2.34. The molecular weight excluding hydrogens is 330 g/mol. The lowest BCUT2D eigenvalue weighted by molar-refractivity contribution is 0.0927. The molecule has 1 aliphatic rings. The molecule has 8 nitrogen and oxygen atoms in total. The van der Waals surface area contributed by atoms with Crippen molar-refractivity contribution in [1.82, 2.24) is 30.0 Å². The summed E-state index contributed by atoms with van der Waals surface area (Å²) in [6.45, 7) is 3.54. The van der Waals surface area contributed by atoms with Crippen molar-refractivity contribution < 1.29 is 4.79 Å². The number of carbonyl (C=O) groups is 1. The molecule has 1 fully saturated rings.